The first-order valence-electron chi connectivity index (χ1n) is 9.20. The highest BCUT2D eigenvalue weighted by atomic mass is 16.2. The van der Waals surface area contributed by atoms with E-state index in [9.17, 15) is 9.59 Å². The molecule has 0 bridgehead atoms. The molecule has 3 rings (SSSR count). The van der Waals surface area contributed by atoms with Crippen LogP contribution in [0.4, 0.5) is 21.0 Å². The molecule has 0 spiro atoms. The molecule has 2 aromatic carbocycles. The van der Waals surface area contributed by atoms with Gasteiger partial charge in [0.25, 0.3) is 0 Å². The van der Waals surface area contributed by atoms with Crippen LogP contribution in [0, 0.1) is 28.6 Å². The summed E-state index contributed by atoms with van der Waals surface area (Å²) in [5, 5.41) is 28.9. The Balaban J connectivity index is 1.51. The molecule has 0 radical (unpaired) electrons. The summed E-state index contributed by atoms with van der Waals surface area (Å²) >= 11 is 0. The molecule has 2 aromatic rings. The third-order valence-corrected chi connectivity index (χ3v) is 4.49. The molecule has 29 heavy (non-hydrogen) atoms. The maximum absolute atomic E-state index is 12.3. The van der Waals surface area contributed by atoms with Crippen molar-refractivity contribution in [1.29, 1.82) is 10.5 Å². The topological polar surface area (TPSA) is 130 Å². The number of nitrogens with zero attached hydrogens (tertiary/aromatic N) is 2. The molecule has 8 nitrogen and oxygen atoms in total. The van der Waals surface area contributed by atoms with Crippen molar-refractivity contribution < 1.29 is 9.59 Å². The molecule has 1 atom stereocenters. The van der Waals surface area contributed by atoms with Gasteiger partial charge in [0.2, 0.25) is 0 Å². The lowest BCUT2D eigenvalue weighted by Crippen LogP contribution is -2.47. The highest BCUT2D eigenvalue weighted by Crippen LogP contribution is 2.32. The summed E-state index contributed by atoms with van der Waals surface area (Å²) in [5.74, 6) is 0.313. The fraction of sp³-hybridized carbons (Fsp3) is 0.238. The van der Waals surface area contributed by atoms with Gasteiger partial charge in [0, 0.05) is 17.9 Å². The van der Waals surface area contributed by atoms with Crippen molar-refractivity contribution in [1.82, 2.24) is 10.6 Å². The normalized spacial score (nSPS) is 13.3. The van der Waals surface area contributed by atoms with E-state index in [1.807, 2.05) is 12.1 Å². The lowest BCUT2D eigenvalue weighted by molar-refractivity contribution is 0.242. The summed E-state index contributed by atoms with van der Waals surface area (Å²) in [6.45, 7) is 0.278. The van der Waals surface area contributed by atoms with Crippen molar-refractivity contribution in [2.75, 3.05) is 17.2 Å². The minimum Gasteiger partial charge on any atom is -0.336 e. The number of rotatable bonds is 6. The number of anilines is 2. The van der Waals surface area contributed by atoms with Crippen molar-refractivity contribution in [2.45, 2.75) is 18.9 Å². The molecule has 1 fully saturated rings. The van der Waals surface area contributed by atoms with E-state index in [1.54, 1.807) is 48.5 Å². The predicted molar refractivity (Wildman–Crippen MR) is 108 cm³/mol. The van der Waals surface area contributed by atoms with Gasteiger partial charge in [-0.05, 0) is 55.2 Å². The van der Waals surface area contributed by atoms with Crippen molar-refractivity contribution >= 4 is 23.4 Å². The van der Waals surface area contributed by atoms with E-state index in [2.05, 4.69) is 21.3 Å². The number of carbonyl (C=O) groups is 2. The number of nitriles is 2. The Bertz CT molecular complexity index is 987. The molecule has 1 aliphatic rings. The van der Waals surface area contributed by atoms with Crippen LogP contribution in [0.3, 0.4) is 0 Å². The number of hydrogen-bond acceptors (Lipinski definition) is 4. The summed E-state index contributed by atoms with van der Waals surface area (Å²) in [7, 11) is 0. The number of urea groups is 2. The van der Waals surface area contributed by atoms with E-state index < -0.39 is 6.03 Å². The number of carbonyl (C=O) groups excluding carboxylic acids is 2. The van der Waals surface area contributed by atoms with Gasteiger partial charge in [-0.15, -0.1) is 0 Å². The Morgan fingerprint density at radius 3 is 2.00 bits per heavy atom. The van der Waals surface area contributed by atoms with Crippen LogP contribution in [-0.2, 0) is 0 Å². The van der Waals surface area contributed by atoms with Gasteiger partial charge >= 0.3 is 12.1 Å². The van der Waals surface area contributed by atoms with E-state index in [1.165, 1.54) is 0 Å². The summed E-state index contributed by atoms with van der Waals surface area (Å²) in [6.07, 6.45) is 1.98. The fourth-order valence-electron chi connectivity index (χ4n) is 2.88. The molecule has 0 aliphatic heterocycles. The second-order valence-electron chi connectivity index (χ2n) is 6.76. The van der Waals surface area contributed by atoms with Crippen LogP contribution < -0.4 is 21.3 Å². The molecule has 4 amide bonds. The third-order valence-electron chi connectivity index (χ3n) is 4.49. The smallest absolute Gasteiger partial charge is 0.319 e. The average Bonchev–Trinajstić information content (AvgIpc) is 3.56. The van der Waals surface area contributed by atoms with Crippen molar-refractivity contribution in [3.05, 3.63) is 59.7 Å². The van der Waals surface area contributed by atoms with Crippen molar-refractivity contribution in [2.24, 2.45) is 5.92 Å². The first-order valence-corrected chi connectivity index (χ1v) is 9.20. The molecule has 1 aliphatic carbocycles. The van der Waals surface area contributed by atoms with E-state index in [0.29, 0.717) is 28.4 Å². The second kappa shape index (κ2) is 9.25. The number of amides is 4. The summed E-state index contributed by atoms with van der Waals surface area (Å²) < 4.78 is 0. The van der Waals surface area contributed by atoms with Gasteiger partial charge in [-0.3, -0.25) is 0 Å². The summed E-state index contributed by atoms with van der Waals surface area (Å²) in [5.41, 5.74) is 1.96. The lowest BCUT2D eigenvalue weighted by Gasteiger charge is -2.19. The Hall–Kier alpha value is -4.04. The molecule has 0 heterocycles. The standard InChI is InChI=1S/C21H20N6O2/c22-11-14-3-1-5-17(9-14)25-20(28)24-13-19(16-7-8-16)27-21(29)26-18-6-2-4-15(10-18)12-23/h1-6,9-10,16,19H,7-8,13H2,(H2,24,25,28)(H2,26,27,29). The minimum absolute atomic E-state index is 0.203. The molecule has 1 unspecified atom stereocenters. The zero-order chi connectivity index (χ0) is 20.6. The monoisotopic (exact) mass is 388 g/mol. The van der Waals surface area contributed by atoms with Crippen molar-refractivity contribution in [3.8, 4) is 12.1 Å². The van der Waals surface area contributed by atoms with Gasteiger partial charge in [0.1, 0.15) is 0 Å². The van der Waals surface area contributed by atoms with Crippen molar-refractivity contribution in [3.63, 3.8) is 0 Å². The molecule has 0 aromatic heterocycles. The Morgan fingerprint density at radius 1 is 0.931 bits per heavy atom. The Morgan fingerprint density at radius 2 is 1.48 bits per heavy atom. The summed E-state index contributed by atoms with van der Waals surface area (Å²) in [4.78, 5) is 24.4. The van der Waals surface area contributed by atoms with E-state index in [0.717, 1.165) is 12.8 Å². The Labute approximate surface area is 168 Å². The van der Waals surface area contributed by atoms with Crippen LogP contribution in [0.25, 0.3) is 0 Å². The Kier molecular flexibility index (Phi) is 6.29. The molecule has 8 heteroatoms. The van der Waals surface area contributed by atoms with E-state index in [4.69, 9.17) is 10.5 Å². The molecule has 0 saturated heterocycles. The SMILES string of the molecule is N#Cc1cccc(NC(=O)NCC(NC(=O)Nc2cccc(C#N)c2)C2CC2)c1. The minimum atomic E-state index is -0.408. The van der Waals surface area contributed by atoms with E-state index >= 15 is 0 Å². The first kappa shape index (κ1) is 19.7. The third kappa shape index (κ3) is 5.98. The van der Waals surface area contributed by atoms with Gasteiger partial charge in [-0.1, -0.05) is 12.1 Å². The lowest BCUT2D eigenvalue weighted by atomic mass is 10.2. The van der Waals surface area contributed by atoms with Crippen LogP contribution in [0.15, 0.2) is 48.5 Å². The number of hydrogen-bond donors (Lipinski definition) is 4. The van der Waals surface area contributed by atoms with Crippen LogP contribution >= 0.6 is 0 Å². The van der Waals surface area contributed by atoms with Gasteiger partial charge in [0.15, 0.2) is 0 Å². The highest BCUT2D eigenvalue weighted by molar-refractivity contribution is 5.90. The average molecular weight is 388 g/mol. The molecular weight excluding hydrogens is 368 g/mol. The molecular formula is C21H20N6O2. The van der Waals surface area contributed by atoms with Crippen LogP contribution in [0.5, 0.6) is 0 Å². The first-order chi connectivity index (χ1) is 14.1. The van der Waals surface area contributed by atoms with E-state index in [-0.39, 0.29) is 18.6 Å². The van der Waals surface area contributed by atoms with Gasteiger partial charge < -0.3 is 21.3 Å². The zero-order valence-electron chi connectivity index (χ0n) is 15.6. The van der Waals surface area contributed by atoms with Gasteiger partial charge in [0.05, 0.1) is 29.3 Å². The largest absolute Gasteiger partial charge is 0.336 e. The van der Waals surface area contributed by atoms with Crippen LogP contribution in [-0.4, -0.2) is 24.6 Å². The predicted octanol–water partition coefficient (Wildman–Crippen LogP) is 3.15. The quantitative estimate of drug-likeness (QED) is 0.605. The molecule has 4 N–H and O–H groups in total. The molecule has 1 saturated carbocycles. The number of benzene rings is 2. The van der Waals surface area contributed by atoms with Gasteiger partial charge in [-0.2, -0.15) is 10.5 Å². The highest BCUT2D eigenvalue weighted by Gasteiger charge is 2.32. The fourth-order valence-corrected chi connectivity index (χ4v) is 2.88. The maximum atomic E-state index is 12.3. The maximum Gasteiger partial charge on any atom is 0.319 e. The number of nitrogens with one attached hydrogen (secondary N) is 4. The molecule has 146 valence electrons. The van der Waals surface area contributed by atoms with Crippen LogP contribution in [0.2, 0.25) is 0 Å². The zero-order valence-corrected chi connectivity index (χ0v) is 15.6. The van der Waals surface area contributed by atoms with Crippen LogP contribution in [0.1, 0.15) is 24.0 Å². The second-order valence-corrected chi connectivity index (χ2v) is 6.76. The van der Waals surface area contributed by atoms with Gasteiger partial charge in [-0.25, -0.2) is 9.59 Å². The summed E-state index contributed by atoms with van der Waals surface area (Å²) in [6, 6.07) is 16.3.